The maximum Gasteiger partial charge on any atom is 0.264 e. The first kappa shape index (κ1) is 24.8. The van der Waals surface area contributed by atoms with Crippen molar-refractivity contribution < 1.29 is 17.9 Å². The van der Waals surface area contributed by atoms with E-state index in [4.69, 9.17) is 16.3 Å². The zero-order valence-electron chi connectivity index (χ0n) is 20.1. The summed E-state index contributed by atoms with van der Waals surface area (Å²) >= 11 is 7.45. The Labute approximate surface area is 218 Å². The number of hydrogen-bond acceptors (Lipinski definition) is 6. The summed E-state index contributed by atoms with van der Waals surface area (Å²) in [5, 5.41) is 5.95. The predicted octanol–water partition coefficient (Wildman–Crippen LogP) is 4.51. The first-order valence-corrected chi connectivity index (χ1v) is 14.0. The van der Waals surface area contributed by atoms with Crippen LogP contribution in [0.25, 0.3) is 15.9 Å². The number of amides is 1. The van der Waals surface area contributed by atoms with Gasteiger partial charge in [0.15, 0.2) is 0 Å². The Morgan fingerprint density at radius 1 is 1.06 bits per heavy atom. The summed E-state index contributed by atoms with van der Waals surface area (Å²) in [7, 11) is -2.40. The van der Waals surface area contributed by atoms with E-state index in [1.807, 2.05) is 48.9 Å². The number of carbonyl (C=O) groups is 1. The van der Waals surface area contributed by atoms with Gasteiger partial charge in [-0.25, -0.2) is 13.1 Å². The number of para-hydroxylation sites is 1. The normalized spacial score (nSPS) is 14.9. The number of aryl methyl sites for hydroxylation is 2. The summed E-state index contributed by atoms with van der Waals surface area (Å²) in [5.41, 5.74) is 2.93. The molecule has 0 aliphatic carbocycles. The molecule has 1 aliphatic rings. The second-order valence-corrected chi connectivity index (χ2v) is 12.0. The number of ether oxygens (including phenoxy) is 1. The van der Waals surface area contributed by atoms with Crippen LogP contribution >= 0.6 is 22.9 Å². The van der Waals surface area contributed by atoms with Gasteiger partial charge in [-0.1, -0.05) is 29.8 Å². The van der Waals surface area contributed by atoms with Crippen molar-refractivity contribution in [3.05, 3.63) is 69.7 Å². The summed E-state index contributed by atoms with van der Waals surface area (Å²) in [6, 6.07) is 14.4. The number of rotatable bonds is 5. The van der Waals surface area contributed by atoms with E-state index in [2.05, 4.69) is 5.10 Å². The van der Waals surface area contributed by atoms with Crippen molar-refractivity contribution in [2.45, 2.75) is 18.7 Å². The number of hydrogen-bond donors (Lipinski definition) is 0. The number of thiophene rings is 1. The van der Waals surface area contributed by atoms with E-state index in [1.54, 1.807) is 11.0 Å². The second kappa shape index (κ2) is 9.51. The molecule has 8 nitrogen and oxygen atoms in total. The lowest BCUT2D eigenvalue weighted by atomic mass is 10.2. The van der Waals surface area contributed by atoms with Gasteiger partial charge >= 0.3 is 0 Å². The highest BCUT2D eigenvalue weighted by molar-refractivity contribution is 7.89. The summed E-state index contributed by atoms with van der Waals surface area (Å²) < 4.78 is 35.0. The molecule has 0 bridgehead atoms. The van der Waals surface area contributed by atoms with Crippen LogP contribution in [0.1, 0.15) is 20.9 Å². The van der Waals surface area contributed by atoms with Crippen molar-refractivity contribution in [3.63, 3.8) is 0 Å². The van der Waals surface area contributed by atoms with Gasteiger partial charge in [0.1, 0.15) is 15.5 Å². The summed E-state index contributed by atoms with van der Waals surface area (Å²) in [6.45, 7) is 4.92. The Balaban J connectivity index is 1.36. The zero-order valence-corrected chi connectivity index (χ0v) is 22.5. The van der Waals surface area contributed by atoms with E-state index in [1.165, 1.54) is 34.9 Å². The number of benzene rings is 2. The molecule has 0 atom stereocenters. The van der Waals surface area contributed by atoms with Crippen LogP contribution in [0.5, 0.6) is 5.75 Å². The molecule has 1 aliphatic heterocycles. The minimum atomic E-state index is -3.82. The SMILES string of the molecule is COc1ccc(Cl)cc1S(=O)(=O)N1CCN(C(=O)c2cc3c(C)nn(-c4ccccc4C)c3s2)CC1. The number of nitrogens with zero attached hydrogens (tertiary/aromatic N) is 4. The number of aromatic nitrogens is 2. The third-order valence-electron chi connectivity index (χ3n) is 6.37. The highest BCUT2D eigenvalue weighted by Crippen LogP contribution is 2.33. The van der Waals surface area contributed by atoms with E-state index in [9.17, 15) is 13.2 Å². The molecule has 11 heteroatoms. The molecule has 4 aromatic rings. The van der Waals surface area contributed by atoms with Crippen LogP contribution in [0.2, 0.25) is 5.02 Å². The molecule has 0 radical (unpaired) electrons. The second-order valence-electron chi connectivity index (χ2n) is 8.60. The molecule has 1 fully saturated rings. The Morgan fingerprint density at radius 2 is 1.78 bits per heavy atom. The first-order chi connectivity index (χ1) is 17.2. The van der Waals surface area contributed by atoms with Gasteiger partial charge in [-0.3, -0.25) is 4.79 Å². The fourth-order valence-electron chi connectivity index (χ4n) is 4.40. The lowest BCUT2D eigenvalue weighted by Crippen LogP contribution is -2.50. The number of methoxy groups -OCH3 is 1. The van der Waals surface area contributed by atoms with E-state index in [0.29, 0.717) is 9.90 Å². The van der Waals surface area contributed by atoms with Crippen molar-refractivity contribution in [2.24, 2.45) is 0 Å². The van der Waals surface area contributed by atoms with Gasteiger partial charge in [-0.05, 0) is 49.7 Å². The fourth-order valence-corrected chi connectivity index (χ4v) is 7.38. The number of fused-ring (bicyclic) bond motifs is 1. The lowest BCUT2D eigenvalue weighted by molar-refractivity contribution is 0.0702. The summed E-state index contributed by atoms with van der Waals surface area (Å²) in [4.78, 5) is 16.6. The third kappa shape index (κ3) is 4.28. The van der Waals surface area contributed by atoms with Gasteiger partial charge < -0.3 is 9.64 Å². The molecular weight excluding hydrogens is 520 g/mol. The summed E-state index contributed by atoms with van der Waals surface area (Å²) in [6.07, 6.45) is 0. The van der Waals surface area contributed by atoms with E-state index >= 15 is 0 Å². The quantitative estimate of drug-likeness (QED) is 0.369. The van der Waals surface area contributed by atoms with Crippen LogP contribution in [-0.2, 0) is 10.0 Å². The average molecular weight is 545 g/mol. The number of halogens is 1. The predicted molar refractivity (Wildman–Crippen MR) is 141 cm³/mol. The van der Waals surface area contributed by atoms with Crippen LogP contribution < -0.4 is 4.74 Å². The number of carbonyl (C=O) groups excluding carboxylic acids is 1. The maximum absolute atomic E-state index is 13.4. The molecule has 0 saturated carbocycles. The van der Waals surface area contributed by atoms with Gasteiger partial charge in [0.05, 0.1) is 23.4 Å². The molecular formula is C25H25ClN4O4S2. The Bertz CT molecular complexity index is 1570. The molecule has 0 unspecified atom stereocenters. The van der Waals surface area contributed by atoms with Gasteiger partial charge in [-0.2, -0.15) is 9.40 Å². The molecule has 1 saturated heterocycles. The van der Waals surface area contributed by atoms with Gasteiger partial charge in [0.2, 0.25) is 10.0 Å². The molecule has 1 amide bonds. The molecule has 36 heavy (non-hydrogen) atoms. The molecule has 0 N–H and O–H groups in total. The van der Waals surface area contributed by atoms with Crippen molar-refractivity contribution in [1.29, 1.82) is 0 Å². The Morgan fingerprint density at radius 3 is 2.47 bits per heavy atom. The minimum Gasteiger partial charge on any atom is -0.495 e. The topological polar surface area (TPSA) is 84.7 Å². The molecule has 188 valence electrons. The largest absolute Gasteiger partial charge is 0.495 e. The van der Waals surface area contributed by atoms with Crippen molar-refractivity contribution in [1.82, 2.24) is 19.0 Å². The fraction of sp³-hybridized carbons (Fsp3) is 0.280. The van der Waals surface area contributed by atoms with E-state index in [-0.39, 0.29) is 42.7 Å². The maximum atomic E-state index is 13.4. The molecule has 3 heterocycles. The van der Waals surface area contributed by atoms with Crippen LogP contribution in [0.3, 0.4) is 0 Å². The molecule has 2 aromatic heterocycles. The smallest absolute Gasteiger partial charge is 0.264 e. The highest BCUT2D eigenvalue weighted by Gasteiger charge is 2.33. The van der Waals surface area contributed by atoms with Crippen LogP contribution in [-0.4, -0.2) is 66.6 Å². The monoisotopic (exact) mass is 544 g/mol. The van der Waals surface area contributed by atoms with Crippen LogP contribution in [0.15, 0.2) is 53.4 Å². The standard InChI is InChI=1S/C25H25ClN4O4S2/c1-16-6-4-5-7-20(16)30-25-19(17(2)27-30)15-22(35-25)24(31)28-10-12-29(13-11-28)36(32,33)23-14-18(26)8-9-21(23)34-3/h4-9,14-15H,10-13H2,1-3H3. The average Bonchev–Trinajstić information content (AvgIpc) is 3.44. The van der Waals surface area contributed by atoms with E-state index < -0.39 is 10.0 Å². The third-order valence-corrected chi connectivity index (χ3v) is 9.62. The Kier molecular flexibility index (Phi) is 6.54. The highest BCUT2D eigenvalue weighted by atomic mass is 35.5. The Hall–Kier alpha value is -2.92. The van der Waals surface area contributed by atoms with Gasteiger partial charge in [0, 0.05) is 36.6 Å². The van der Waals surface area contributed by atoms with Crippen LogP contribution in [0.4, 0.5) is 0 Å². The van der Waals surface area contributed by atoms with E-state index in [0.717, 1.165) is 27.2 Å². The molecule has 0 spiro atoms. The molecule has 5 rings (SSSR count). The number of piperazine rings is 1. The lowest BCUT2D eigenvalue weighted by Gasteiger charge is -2.34. The first-order valence-electron chi connectivity index (χ1n) is 11.4. The van der Waals surface area contributed by atoms with Gasteiger partial charge in [0.25, 0.3) is 5.91 Å². The number of sulfonamides is 1. The van der Waals surface area contributed by atoms with Crippen molar-refractivity contribution in [2.75, 3.05) is 33.3 Å². The minimum absolute atomic E-state index is 0.0259. The zero-order chi connectivity index (χ0) is 25.6. The summed E-state index contributed by atoms with van der Waals surface area (Å²) in [5.74, 6) is 0.130. The van der Waals surface area contributed by atoms with Crippen molar-refractivity contribution in [3.8, 4) is 11.4 Å². The molecule has 2 aromatic carbocycles. The van der Waals surface area contributed by atoms with Crippen molar-refractivity contribution >= 4 is 49.1 Å². The van der Waals surface area contributed by atoms with Crippen LogP contribution in [0, 0.1) is 13.8 Å². The van der Waals surface area contributed by atoms with Gasteiger partial charge in [-0.15, -0.1) is 11.3 Å².